The lowest BCUT2D eigenvalue weighted by molar-refractivity contribution is 0.00616. The zero-order valence-corrected chi connectivity index (χ0v) is 32.1. The van der Waals surface area contributed by atoms with E-state index in [-0.39, 0.29) is 0 Å². The number of rotatable bonds is 39. The number of hydrogen-bond acceptors (Lipinski definition) is 3. The van der Waals surface area contributed by atoms with Gasteiger partial charge in [-0.1, -0.05) is 207 Å². The molecule has 0 saturated carbocycles. The molecule has 0 aromatic heterocycles. The molecule has 272 valence electrons. The van der Waals surface area contributed by atoms with Crippen LogP contribution in [0.15, 0.2) is 0 Å². The van der Waals surface area contributed by atoms with Crippen molar-refractivity contribution < 1.29 is 5.11 Å². The molecule has 0 spiro atoms. The standard InChI is InChI=1S/C42H88N2O/c1-5-8-11-14-17-20-23-24-25-28-31-34-38-43-42(4,45)37-41-44(39-35-32-29-26-21-18-15-12-9-6-2)40-36-33-30-27-22-19-16-13-10-7-3/h43,45H,5-41H2,1-4H3. The maximum absolute atomic E-state index is 11.1. The lowest BCUT2D eigenvalue weighted by Gasteiger charge is -2.29. The molecular formula is C42H88N2O. The Morgan fingerprint density at radius 2 is 0.644 bits per heavy atom. The molecule has 0 heterocycles. The number of nitrogens with one attached hydrogen (secondary N) is 1. The van der Waals surface area contributed by atoms with Crippen LogP contribution >= 0.6 is 0 Å². The molecule has 1 unspecified atom stereocenters. The Morgan fingerprint density at radius 1 is 0.378 bits per heavy atom. The molecule has 45 heavy (non-hydrogen) atoms. The molecule has 0 fully saturated rings. The molecule has 0 rings (SSSR count). The van der Waals surface area contributed by atoms with Crippen molar-refractivity contribution in [1.29, 1.82) is 0 Å². The van der Waals surface area contributed by atoms with Gasteiger partial charge in [-0.05, 0) is 45.8 Å². The largest absolute Gasteiger partial charge is 0.376 e. The van der Waals surface area contributed by atoms with E-state index >= 15 is 0 Å². The maximum atomic E-state index is 11.1. The van der Waals surface area contributed by atoms with Crippen molar-refractivity contribution in [2.24, 2.45) is 0 Å². The topological polar surface area (TPSA) is 35.5 Å². The molecule has 0 aliphatic heterocycles. The van der Waals surface area contributed by atoms with Crippen LogP contribution in [0.4, 0.5) is 0 Å². The highest BCUT2D eigenvalue weighted by atomic mass is 16.3. The van der Waals surface area contributed by atoms with Crippen molar-refractivity contribution in [3.63, 3.8) is 0 Å². The van der Waals surface area contributed by atoms with Crippen molar-refractivity contribution in [3.05, 3.63) is 0 Å². The Kier molecular flexibility index (Phi) is 36.6. The van der Waals surface area contributed by atoms with Gasteiger partial charge in [-0.15, -0.1) is 0 Å². The molecule has 0 bridgehead atoms. The normalized spacial score (nSPS) is 13.2. The molecule has 3 nitrogen and oxygen atoms in total. The fourth-order valence-electron chi connectivity index (χ4n) is 6.77. The van der Waals surface area contributed by atoms with Crippen molar-refractivity contribution in [2.75, 3.05) is 26.2 Å². The van der Waals surface area contributed by atoms with Gasteiger partial charge < -0.3 is 10.0 Å². The summed E-state index contributed by atoms with van der Waals surface area (Å²) < 4.78 is 0. The molecule has 3 heteroatoms. The summed E-state index contributed by atoms with van der Waals surface area (Å²) in [5, 5.41) is 14.6. The second kappa shape index (κ2) is 36.7. The second-order valence-corrected chi connectivity index (χ2v) is 15.0. The summed E-state index contributed by atoms with van der Waals surface area (Å²) in [5.41, 5.74) is -0.744. The number of hydrogen-bond donors (Lipinski definition) is 2. The van der Waals surface area contributed by atoms with Crippen LogP contribution in [0.3, 0.4) is 0 Å². The first kappa shape index (κ1) is 44.9. The third-order valence-electron chi connectivity index (χ3n) is 10.1. The average molecular weight is 637 g/mol. The molecular weight excluding hydrogens is 548 g/mol. The van der Waals surface area contributed by atoms with E-state index in [9.17, 15) is 5.11 Å². The molecule has 0 aromatic carbocycles. The Bertz CT molecular complexity index is 513. The molecule has 0 amide bonds. The zero-order chi connectivity index (χ0) is 32.9. The fourth-order valence-corrected chi connectivity index (χ4v) is 6.77. The van der Waals surface area contributed by atoms with Gasteiger partial charge in [-0.25, -0.2) is 0 Å². The summed E-state index contributed by atoms with van der Waals surface area (Å²) in [7, 11) is 0. The Hall–Kier alpha value is -0.120. The minimum absolute atomic E-state index is 0.744. The minimum atomic E-state index is -0.744. The van der Waals surface area contributed by atoms with Gasteiger partial charge in [0.1, 0.15) is 5.72 Å². The van der Waals surface area contributed by atoms with E-state index in [0.29, 0.717) is 0 Å². The Labute approximate surface area is 286 Å². The number of unbranched alkanes of at least 4 members (excludes halogenated alkanes) is 29. The van der Waals surface area contributed by atoms with Crippen LogP contribution in [0.1, 0.15) is 240 Å². The van der Waals surface area contributed by atoms with Crippen LogP contribution < -0.4 is 5.32 Å². The third kappa shape index (κ3) is 36.6. The quantitative estimate of drug-likeness (QED) is 0.0520. The first-order valence-electron chi connectivity index (χ1n) is 21.3. The smallest absolute Gasteiger partial charge is 0.114 e. The van der Waals surface area contributed by atoms with Gasteiger partial charge in [-0.3, -0.25) is 5.32 Å². The van der Waals surface area contributed by atoms with Crippen LogP contribution in [0.2, 0.25) is 0 Å². The molecule has 0 radical (unpaired) electrons. The lowest BCUT2D eigenvalue weighted by atomic mass is 10.0. The highest BCUT2D eigenvalue weighted by Gasteiger charge is 2.20. The highest BCUT2D eigenvalue weighted by molar-refractivity contribution is 4.73. The summed E-state index contributed by atoms with van der Waals surface area (Å²) in [6.07, 6.45) is 45.4. The van der Waals surface area contributed by atoms with E-state index < -0.39 is 5.72 Å². The monoisotopic (exact) mass is 637 g/mol. The molecule has 0 aromatic rings. The Morgan fingerprint density at radius 3 is 0.956 bits per heavy atom. The first-order valence-corrected chi connectivity index (χ1v) is 21.3. The molecule has 2 N–H and O–H groups in total. The zero-order valence-electron chi connectivity index (χ0n) is 32.1. The fraction of sp³-hybridized carbons (Fsp3) is 1.00. The first-order chi connectivity index (χ1) is 22.1. The minimum Gasteiger partial charge on any atom is -0.376 e. The summed E-state index contributed by atoms with van der Waals surface area (Å²) in [5.74, 6) is 0. The molecule has 0 saturated heterocycles. The predicted octanol–water partition coefficient (Wildman–Crippen LogP) is 13.5. The van der Waals surface area contributed by atoms with Gasteiger partial charge in [0.05, 0.1) is 0 Å². The van der Waals surface area contributed by atoms with Crippen molar-refractivity contribution >= 4 is 0 Å². The van der Waals surface area contributed by atoms with Crippen LogP contribution in [-0.4, -0.2) is 41.9 Å². The van der Waals surface area contributed by atoms with Crippen molar-refractivity contribution in [2.45, 2.75) is 245 Å². The van der Waals surface area contributed by atoms with E-state index in [4.69, 9.17) is 0 Å². The van der Waals surface area contributed by atoms with E-state index in [2.05, 4.69) is 31.0 Å². The van der Waals surface area contributed by atoms with Gasteiger partial charge >= 0.3 is 0 Å². The maximum Gasteiger partial charge on any atom is 0.114 e. The molecule has 1 atom stereocenters. The average Bonchev–Trinajstić information content (AvgIpc) is 3.03. The second-order valence-electron chi connectivity index (χ2n) is 15.0. The van der Waals surface area contributed by atoms with Crippen LogP contribution in [0.5, 0.6) is 0 Å². The third-order valence-corrected chi connectivity index (χ3v) is 10.1. The summed E-state index contributed by atoms with van der Waals surface area (Å²) in [6, 6.07) is 0. The molecule has 0 aliphatic carbocycles. The lowest BCUT2D eigenvalue weighted by Crippen LogP contribution is -2.45. The highest BCUT2D eigenvalue weighted by Crippen LogP contribution is 2.15. The van der Waals surface area contributed by atoms with Crippen molar-refractivity contribution in [3.8, 4) is 0 Å². The summed E-state index contributed by atoms with van der Waals surface area (Å²) in [6.45, 7) is 13.3. The van der Waals surface area contributed by atoms with Crippen LogP contribution in [0, 0.1) is 0 Å². The van der Waals surface area contributed by atoms with Crippen LogP contribution in [0.25, 0.3) is 0 Å². The van der Waals surface area contributed by atoms with E-state index in [1.165, 1.54) is 219 Å². The SMILES string of the molecule is CCCCCCCCCCCCCCNC(C)(O)CCN(CCCCCCCCCCCC)CCCCCCCCCCCC. The van der Waals surface area contributed by atoms with E-state index in [1.807, 2.05) is 6.92 Å². The van der Waals surface area contributed by atoms with Gasteiger partial charge in [0, 0.05) is 13.0 Å². The van der Waals surface area contributed by atoms with Gasteiger partial charge in [0.25, 0.3) is 0 Å². The van der Waals surface area contributed by atoms with Gasteiger partial charge in [-0.2, -0.15) is 0 Å². The summed E-state index contributed by atoms with van der Waals surface area (Å²) >= 11 is 0. The van der Waals surface area contributed by atoms with Gasteiger partial charge in [0.2, 0.25) is 0 Å². The van der Waals surface area contributed by atoms with E-state index in [1.54, 1.807) is 0 Å². The molecule has 0 aliphatic rings. The van der Waals surface area contributed by atoms with Crippen molar-refractivity contribution in [1.82, 2.24) is 10.2 Å². The van der Waals surface area contributed by atoms with Gasteiger partial charge in [0.15, 0.2) is 0 Å². The van der Waals surface area contributed by atoms with Crippen LogP contribution in [-0.2, 0) is 0 Å². The number of nitrogens with zero attached hydrogens (tertiary/aromatic N) is 1. The predicted molar refractivity (Wildman–Crippen MR) is 204 cm³/mol. The van der Waals surface area contributed by atoms with E-state index in [0.717, 1.165) is 19.5 Å². The summed E-state index contributed by atoms with van der Waals surface area (Å²) in [4.78, 5) is 2.68. The Balaban J connectivity index is 4.12. The number of aliphatic hydroxyl groups is 1.